The number of fused-ring (bicyclic) bond motifs is 2. The first-order valence-electron chi connectivity index (χ1n) is 9.64. The Hall–Kier alpha value is -2.92. The monoisotopic (exact) mass is 357 g/mol. The van der Waals surface area contributed by atoms with Gasteiger partial charge in [-0.05, 0) is 50.2 Å². The van der Waals surface area contributed by atoms with E-state index in [9.17, 15) is 0 Å². The SMILES string of the molecule is c1ccc2nc(Cn3c(NC4CCNCC4)nc4ccccc43)ccc2c1. The highest BCUT2D eigenvalue weighted by Crippen LogP contribution is 2.23. The minimum Gasteiger partial charge on any atom is -0.353 e. The summed E-state index contributed by atoms with van der Waals surface area (Å²) in [5, 5.41) is 8.27. The molecule has 5 heteroatoms. The predicted octanol–water partition coefficient (Wildman–Crippen LogP) is 3.80. The number of nitrogens with one attached hydrogen (secondary N) is 2. The third-order valence-corrected chi connectivity index (χ3v) is 5.30. The van der Waals surface area contributed by atoms with Crippen LogP contribution in [0.5, 0.6) is 0 Å². The Morgan fingerprint density at radius 2 is 1.67 bits per heavy atom. The Balaban J connectivity index is 1.52. The number of nitrogens with zero attached hydrogens (tertiary/aromatic N) is 3. The van der Waals surface area contributed by atoms with E-state index in [1.807, 2.05) is 18.2 Å². The molecule has 136 valence electrons. The van der Waals surface area contributed by atoms with E-state index in [0.29, 0.717) is 12.6 Å². The Morgan fingerprint density at radius 3 is 2.56 bits per heavy atom. The van der Waals surface area contributed by atoms with Gasteiger partial charge in [0.25, 0.3) is 0 Å². The highest BCUT2D eigenvalue weighted by Gasteiger charge is 2.17. The van der Waals surface area contributed by atoms with E-state index in [4.69, 9.17) is 9.97 Å². The molecule has 0 unspecified atom stereocenters. The van der Waals surface area contributed by atoms with Crippen molar-refractivity contribution < 1.29 is 0 Å². The van der Waals surface area contributed by atoms with Gasteiger partial charge >= 0.3 is 0 Å². The summed E-state index contributed by atoms with van der Waals surface area (Å²) < 4.78 is 2.26. The first kappa shape index (κ1) is 16.3. The number of anilines is 1. The lowest BCUT2D eigenvalue weighted by molar-refractivity contribution is 0.476. The molecular weight excluding hydrogens is 334 g/mol. The second kappa shape index (κ2) is 7.00. The van der Waals surface area contributed by atoms with Crippen LogP contribution >= 0.6 is 0 Å². The van der Waals surface area contributed by atoms with Gasteiger partial charge in [0.05, 0.1) is 28.8 Å². The number of aromatic nitrogens is 3. The number of hydrogen-bond acceptors (Lipinski definition) is 4. The van der Waals surface area contributed by atoms with E-state index in [-0.39, 0.29) is 0 Å². The van der Waals surface area contributed by atoms with Crippen molar-refractivity contribution in [1.29, 1.82) is 0 Å². The van der Waals surface area contributed by atoms with Gasteiger partial charge in [-0.1, -0.05) is 36.4 Å². The van der Waals surface area contributed by atoms with Gasteiger partial charge in [-0.15, -0.1) is 0 Å². The van der Waals surface area contributed by atoms with Crippen molar-refractivity contribution in [3.63, 3.8) is 0 Å². The Kier molecular flexibility index (Phi) is 4.22. The van der Waals surface area contributed by atoms with E-state index in [1.54, 1.807) is 0 Å². The predicted molar refractivity (Wildman–Crippen MR) is 110 cm³/mol. The van der Waals surface area contributed by atoms with E-state index >= 15 is 0 Å². The molecule has 0 bridgehead atoms. The molecule has 0 spiro atoms. The van der Waals surface area contributed by atoms with Crippen molar-refractivity contribution in [1.82, 2.24) is 19.9 Å². The number of piperidine rings is 1. The summed E-state index contributed by atoms with van der Waals surface area (Å²) in [6, 6.07) is 21.3. The third-order valence-electron chi connectivity index (χ3n) is 5.30. The molecule has 27 heavy (non-hydrogen) atoms. The van der Waals surface area contributed by atoms with E-state index in [0.717, 1.165) is 54.1 Å². The molecular formula is C22H23N5. The van der Waals surface area contributed by atoms with Crippen molar-refractivity contribution in [2.75, 3.05) is 18.4 Å². The summed E-state index contributed by atoms with van der Waals surface area (Å²) in [5.41, 5.74) is 4.25. The second-order valence-corrected chi connectivity index (χ2v) is 7.17. The second-order valence-electron chi connectivity index (χ2n) is 7.17. The fourth-order valence-electron chi connectivity index (χ4n) is 3.85. The number of para-hydroxylation sites is 3. The molecule has 2 aromatic carbocycles. The van der Waals surface area contributed by atoms with Crippen LogP contribution in [0.1, 0.15) is 18.5 Å². The molecule has 1 aliphatic heterocycles. The smallest absolute Gasteiger partial charge is 0.204 e. The molecule has 4 aromatic rings. The van der Waals surface area contributed by atoms with Crippen LogP contribution in [0, 0.1) is 0 Å². The molecule has 3 heterocycles. The van der Waals surface area contributed by atoms with Gasteiger partial charge < -0.3 is 15.2 Å². The van der Waals surface area contributed by atoms with Crippen LogP contribution in [0.15, 0.2) is 60.7 Å². The zero-order valence-corrected chi connectivity index (χ0v) is 15.2. The van der Waals surface area contributed by atoms with Crippen LogP contribution in [0.25, 0.3) is 21.9 Å². The maximum absolute atomic E-state index is 4.87. The van der Waals surface area contributed by atoms with E-state index in [1.165, 1.54) is 5.39 Å². The quantitative estimate of drug-likeness (QED) is 0.583. The summed E-state index contributed by atoms with van der Waals surface area (Å²) in [7, 11) is 0. The molecule has 5 rings (SSSR count). The summed E-state index contributed by atoms with van der Waals surface area (Å²) >= 11 is 0. The molecule has 0 radical (unpaired) electrons. The van der Waals surface area contributed by atoms with Gasteiger partial charge in [0, 0.05) is 11.4 Å². The van der Waals surface area contributed by atoms with Crippen LogP contribution < -0.4 is 10.6 Å². The molecule has 1 aliphatic rings. The molecule has 1 saturated heterocycles. The fourth-order valence-corrected chi connectivity index (χ4v) is 3.85. The minimum atomic E-state index is 0.464. The summed E-state index contributed by atoms with van der Waals surface area (Å²) in [6.45, 7) is 2.83. The van der Waals surface area contributed by atoms with Gasteiger partial charge in [-0.3, -0.25) is 4.98 Å². The first-order chi connectivity index (χ1) is 13.4. The lowest BCUT2D eigenvalue weighted by atomic mass is 10.1. The minimum absolute atomic E-state index is 0.464. The average molecular weight is 357 g/mol. The zero-order valence-electron chi connectivity index (χ0n) is 15.2. The molecule has 0 saturated carbocycles. The van der Waals surface area contributed by atoms with Crippen molar-refractivity contribution in [3.05, 3.63) is 66.4 Å². The first-order valence-corrected chi connectivity index (χ1v) is 9.64. The van der Waals surface area contributed by atoms with E-state index < -0.39 is 0 Å². The lowest BCUT2D eigenvalue weighted by Crippen LogP contribution is -2.36. The lowest BCUT2D eigenvalue weighted by Gasteiger charge is -2.24. The number of rotatable bonds is 4. The maximum Gasteiger partial charge on any atom is 0.204 e. The number of pyridine rings is 1. The highest BCUT2D eigenvalue weighted by molar-refractivity contribution is 5.80. The molecule has 1 fully saturated rings. The normalized spacial score (nSPS) is 15.4. The van der Waals surface area contributed by atoms with Gasteiger partial charge in [0.15, 0.2) is 0 Å². The Bertz CT molecular complexity index is 1080. The van der Waals surface area contributed by atoms with Crippen molar-refractivity contribution in [3.8, 4) is 0 Å². The van der Waals surface area contributed by atoms with Crippen molar-refractivity contribution >= 4 is 27.9 Å². The molecule has 2 aromatic heterocycles. The molecule has 2 N–H and O–H groups in total. The van der Waals surface area contributed by atoms with Crippen molar-refractivity contribution in [2.45, 2.75) is 25.4 Å². The third kappa shape index (κ3) is 3.26. The number of hydrogen-bond donors (Lipinski definition) is 2. The Labute approximate surface area is 158 Å². The molecule has 0 atom stereocenters. The van der Waals surface area contributed by atoms with Crippen LogP contribution in [-0.2, 0) is 6.54 Å². The molecule has 0 aliphatic carbocycles. The van der Waals surface area contributed by atoms with Crippen molar-refractivity contribution in [2.24, 2.45) is 0 Å². The number of imidazole rings is 1. The van der Waals surface area contributed by atoms with Gasteiger partial charge in [-0.25, -0.2) is 4.98 Å². The topological polar surface area (TPSA) is 54.8 Å². The maximum atomic E-state index is 4.87. The summed E-state index contributed by atoms with van der Waals surface area (Å²) in [5.74, 6) is 0.943. The summed E-state index contributed by atoms with van der Waals surface area (Å²) in [4.78, 5) is 9.73. The Morgan fingerprint density at radius 1 is 0.889 bits per heavy atom. The van der Waals surface area contributed by atoms with Gasteiger partial charge in [0.1, 0.15) is 0 Å². The molecule has 5 nitrogen and oxygen atoms in total. The van der Waals surface area contributed by atoms with Crippen LogP contribution in [-0.4, -0.2) is 33.7 Å². The van der Waals surface area contributed by atoms with Gasteiger partial charge in [-0.2, -0.15) is 0 Å². The van der Waals surface area contributed by atoms with Crippen LogP contribution in [0.3, 0.4) is 0 Å². The number of benzene rings is 2. The van der Waals surface area contributed by atoms with E-state index in [2.05, 4.69) is 57.7 Å². The average Bonchev–Trinajstić information content (AvgIpc) is 3.06. The van der Waals surface area contributed by atoms with Gasteiger partial charge in [0.2, 0.25) is 5.95 Å². The highest BCUT2D eigenvalue weighted by atomic mass is 15.2. The zero-order chi connectivity index (χ0) is 18.1. The van der Waals surface area contributed by atoms with Crippen LogP contribution in [0.2, 0.25) is 0 Å². The standard InChI is InChI=1S/C22H23N5/c1-2-6-19-16(5-1)9-10-18(24-19)15-27-21-8-4-3-7-20(21)26-22(27)25-17-11-13-23-14-12-17/h1-10,17,23H,11-15H2,(H,25,26). The van der Waals surface area contributed by atoms with Crippen LogP contribution in [0.4, 0.5) is 5.95 Å². The molecule has 0 amide bonds. The largest absolute Gasteiger partial charge is 0.353 e. The fraction of sp³-hybridized carbons (Fsp3) is 0.273. The summed E-state index contributed by atoms with van der Waals surface area (Å²) in [6.07, 6.45) is 2.24.